The molecule has 0 amide bonds. The molecule has 0 aliphatic heterocycles. The van der Waals surface area contributed by atoms with Crippen molar-refractivity contribution in [2.75, 3.05) is 0 Å². The van der Waals surface area contributed by atoms with E-state index in [2.05, 4.69) is 13.0 Å². The second-order valence-corrected chi connectivity index (χ2v) is 7.22. The summed E-state index contributed by atoms with van der Waals surface area (Å²) in [6.07, 6.45) is 6.34. The summed E-state index contributed by atoms with van der Waals surface area (Å²) >= 11 is 0. The van der Waals surface area contributed by atoms with Gasteiger partial charge < -0.3 is 5.11 Å². The van der Waals surface area contributed by atoms with Gasteiger partial charge in [0.2, 0.25) is 0 Å². The third kappa shape index (κ3) is 1.54. The van der Waals surface area contributed by atoms with Crippen LogP contribution in [0.15, 0.2) is 18.2 Å². The monoisotopic (exact) mass is 270 g/mol. The van der Waals surface area contributed by atoms with Gasteiger partial charge in [-0.1, -0.05) is 13.0 Å². The van der Waals surface area contributed by atoms with E-state index in [1.807, 2.05) is 12.1 Å². The molecule has 1 aromatic rings. The number of carbonyl (C=O) groups excluding carboxylic acids is 1. The summed E-state index contributed by atoms with van der Waals surface area (Å²) in [5, 5.41) is 9.67. The molecule has 0 radical (unpaired) electrons. The standard InChI is InChI=1S/C18H22O2/c1-18-9-8-14-13-5-3-12(19)10-11(13)2-4-15(14)16(18)6-7-17(18)20/h3,5,10,14-16,19H,2,4,6-9H2,1H3/t14-,15-,16-,18-/m0/s1. The minimum absolute atomic E-state index is 0.0322. The molecule has 0 bridgehead atoms. The Morgan fingerprint density at radius 1 is 1.20 bits per heavy atom. The molecule has 2 nitrogen and oxygen atoms in total. The van der Waals surface area contributed by atoms with Gasteiger partial charge in [-0.15, -0.1) is 0 Å². The van der Waals surface area contributed by atoms with E-state index in [4.69, 9.17) is 0 Å². The molecule has 3 aliphatic carbocycles. The van der Waals surface area contributed by atoms with E-state index in [0.29, 0.717) is 29.3 Å². The molecule has 1 aromatic carbocycles. The first-order valence-corrected chi connectivity index (χ1v) is 7.95. The van der Waals surface area contributed by atoms with Crippen LogP contribution < -0.4 is 0 Å². The fourth-order valence-corrected chi connectivity index (χ4v) is 5.34. The normalized spacial score (nSPS) is 39.0. The van der Waals surface area contributed by atoms with Crippen LogP contribution in [0.5, 0.6) is 5.75 Å². The lowest BCUT2D eigenvalue weighted by molar-refractivity contribution is -0.129. The van der Waals surface area contributed by atoms with Crippen molar-refractivity contribution in [3.63, 3.8) is 0 Å². The van der Waals surface area contributed by atoms with E-state index >= 15 is 0 Å². The van der Waals surface area contributed by atoms with Gasteiger partial charge in [0.1, 0.15) is 11.5 Å². The van der Waals surface area contributed by atoms with Crippen LogP contribution in [0.25, 0.3) is 0 Å². The number of hydrogen-bond donors (Lipinski definition) is 1. The molecule has 2 saturated carbocycles. The number of phenols is 1. The largest absolute Gasteiger partial charge is 0.508 e. The number of ketones is 1. The zero-order chi connectivity index (χ0) is 13.9. The maximum Gasteiger partial charge on any atom is 0.139 e. The summed E-state index contributed by atoms with van der Waals surface area (Å²) in [4.78, 5) is 12.3. The molecule has 0 unspecified atom stereocenters. The molecule has 0 aromatic heterocycles. The van der Waals surface area contributed by atoms with E-state index < -0.39 is 0 Å². The molecule has 106 valence electrons. The molecule has 4 rings (SSSR count). The smallest absolute Gasteiger partial charge is 0.139 e. The summed E-state index contributed by atoms with van der Waals surface area (Å²) < 4.78 is 0. The van der Waals surface area contributed by atoms with Crippen molar-refractivity contribution < 1.29 is 9.90 Å². The first kappa shape index (κ1) is 12.4. The third-order valence-electron chi connectivity index (χ3n) is 6.42. The van der Waals surface area contributed by atoms with Crippen LogP contribution in [0, 0.1) is 17.3 Å². The Labute approximate surface area is 120 Å². The predicted molar refractivity (Wildman–Crippen MR) is 77.7 cm³/mol. The zero-order valence-corrected chi connectivity index (χ0v) is 12.1. The lowest BCUT2D eigenvalue weighted by Crippen LogP contribution is -2.42. The van der Waals surface area contributed by atoms with Crippen LogP contribution in [-0.4, -0.2) is 10.9 Å². The Hall–Kier alpha value is -1.31. The van der Waals surface area contributed by atoms with Crippen LogP contribution >= 0.6 is 0 Å². The van der Waals surface area contributed by atoms with Crippen molar-refractivity contribution in [2.24, 2.45) is 17.3 Å². The molecule has 20 heavy (non-hydrogen) atoms. The van der Waals surface area contributed by atoms with Crippen LogP contribution in [-0.2, 0) is 11.2 Å². The second kappa shape index (κ2) is 4.09. The maximum absolute atomic E-state index is 12.3. The number of aryl methyl sites for hydroxylation is 1. The zero-order valence-electron chi connectivity index (χ0n) is 12.1. The van der Waals surface area contributed by atoms with Crippen LogP contribution in [0.4, 0.5) is 0 Å². The summed E-state index contributed by atoms with van der Waals surface area (Å²) in [7, 11) is 0. The number of fused-ring (bicyclic) bond motifs is 5. The van der Waals surface area contributed by atoms with Crippen LogP contribution in [0.1, 0.15) is 56.1 Å². The highest BCUT2D eigenvalue weighted by Crippen LogP contribution is 2.59. The number of benzene rings is 1. The lowest BCUT2D eigenvalue weighted by Gasteiger charge is -2.48. The lowest BCUT2D eigenvalue weighted by atomic mass is 9.55. The Morgan fingerprint density at radius 3 is 2.90 bits per heavy atom. The van der Waals surface area contributed by atoms with Gasteiger partial charge in [-0.3, -0.25) is 4.79 Å². The number of phenolic OH excluding ortho intramolecular Hbond substituents is 1. The van der Waals surface area contributed by atoms with Gasteiger partial charge in [0.15, 0.2) is 0 Å². The summed E-state index contributed by atoms with van der Waals surface area (Å²) in [6, 6.07) is 5.90. The minimum Gasteiger partial charge on any atom is -0.508 e. The van der Waals surface area contributed by atoms with Crippen molar-refractivity contribution in [3.05, 3.63) is 29.3 Å². The first-order valence-electron chi connectivity index (χ1n) is 7.95. The third-order valence-corrected chi connectivity index (χ3v) is 6.42. The Balaban J connectivity index is 1.73. The highest BCUT2D eigenvalue weighted by molar-refractivity contribution is 5.87. The molecule has 0 spiro atoms. The SMILES string of the molecule is C[C@]12CC[C@H]3c4ccc(O)cc4CC[C@@H]3[C@@H]1CCC2=O. The highest BCUT2D eigenvalue weighted by Gasteiger charge is 2.54. The van der Waals surface area contributed by atoms with Gasteiger partial charge in [-0.25, -0.2) is 0 Å². The second-order valence-electron chi connectivity index (χ2n) is 7.22. The average molecular weight is 270 g/mol. The summed E-state index contributed by atoms with van der Waals surface area (Å²) in [5.41, 5.74) is 2.75. The summed E-state index contributed by atoms with van der Waals surface area (Å²) in [5.74, 6) is 2.78. The maximum atomic E-state index is 12.3. The fourth-order valence-electron chi connectivity index (χ4n) is 5.34. The van der Waals surface area contributed by atoms with Gasteiger partial charge in [0.05, 0.1) is 0 Å². The van der Waals surface area contributed by atoms with Crippen molar-refractivity contribution in [1.82, 2.24) is 0 Å². The quantitative estimate of drug-likeness (QED) is 0.778. The predicted octanol–water partition coefficient (Wildman–Crippen LogP) is 3.82. The molecule has 2 fully saturated rings. The van der Waals surface area contributed by atoms with Crippen molar-refractivity contribution in [3.8, 4) is 5.75 Å². The van der Waals surface area contributed by atoms with E-state index in [1.165, 1.54) is 17.5 Å². The van der Waals surface area contributed by atoms with Crippen molar-refractivity contribution in [1.29, 1.82) is 0 Å². The topological polar surface area (TPSA) is 37.3 Å². The molecule has 0 saturated heterocycles. The number of rotatable bonds is 0. The van der Waals surface area contributed by atoms with E-state index in [9.17, 15) is 9.90 Å². The molecule has 0 heterocycles. The first-order chi connectivity index (χ1) is 9.59. The number of carbonyl (C=O) groups is 1. The van der Waals surface area contributed by atoms with E-state index in [-0.39, 0.29) is 5.41 Å². The molecular formula is C18H22O2. The van der Waals surface area contributed by atoms with Gasteiger partial charge in [0.25, 0.3) is 0 Å². The molecular weight excluding hydrogens is 248 g/mol. The van der Waals surface area contributed by atoms with Gasteiger partial charge in [0, 0.05) is 11.8 Å². The van der Waals surface area contributed by atoms with Gasteiger partial charge >= 0.3 is 0 Å². The Bertz CT molecular complexity index is 577. The Kier molecular flexibility index (Phi) is 2.55. The van der Waals surface area contributed by atoms with Crippen molar-refractivity contribution >= 4 is 5.78 Å². The van der Waals surface area contributed by atoms with Crippen molar-refractivity contribution in [2.45, 2.75) is 51.4 Å². The number of aromatic hydroxyl groups is 1. The minimum atomic E-state index is -0.0322. The average Bonchev–Trinajstić information content (AvgIpc) is 2.74. The molecule has 4 atom stereocenters. The fraction of sp³-hybridized carbons (Fsp3) is 0.611. The van der Waals surface area contributed by atoms with Crippen LogP contribution in [0.3, 0.4) is 0 Å². The molecule has 3 aliphatic rings. The van der Waals surface area contributed by atoms with E-state index in [1.54, 1.807) is 0 Å². The van der Waals surface area contributed by atoms with Gasteiger partial charge in [-0.05, 0) is 73.1 Å². The highest BCUT2D eigenvalue weighted by atomic mass is 16.3. The Morgan fingerprint density at radius 2 is 2.05 bits per heavy atom. The number of Topliss-reactive ketones (excluding diaryl/α,β-unsaturated/α-hetero) is 1. The number of hydrogen-bond acceptors (Lipinski definition) is 2. The van der Waals surface area contributed by atoms with Crippen LogP contribution in [0.2, 0.25) is 0 Å². The summed E-state index contributed by atoms with van der Waals surface area (Å²) in [6.45, 7) is 2.22. The molecule has 2 heteroatoms. The van der Waals surface area contributed by atoms with E-state index in [0.717, 1.165) is 32.1 Å². The molecule has 1 N–H and O–H groups in total. The van der Waals surface area contributed by atoms with Gasteiger partial charge in [-0.2, -0.15) is 0 Å².